The van der Waals surface area contributed by atoms with E-state index in [0.717, 1.165) is 42.3 Å². The fourth-order valence-electron chi connectivity index (χ4n) is 2.25. The van der Waals surface area contributed by atoms with Gasteiger partial charge in [-0.3, -0.25) is 9.79 Å². The lowest BCUT2D eigenvalue weighted by molar-refractivity contribution is -0.116. The molecule has 0 saturated heterocycles. The number of amides is 1. The van der Waals surface area contributed by atoms with E-state index in [1.807, 2.05) is 18.2 Å². The molecule has 0 atom stereocenters. The Morgan fingerprint density at radius 1 is 1.32 bits per heavy atom. The number of hydrogen-bond donors (Lipinski definition) is 3. The van der Waals surface area contributed by atoms with Crippen LogP contribution >= 0.6 is 0 Å². The molecule has 1 amide bonds. The van der Waals surface area contributed by atoms with Gasteiger partial charge >= 0.3 is 0 Å². The highest BCUT2D eigenvalue weighted by molar-refractivity contribution is 5.94. The van der Waals surface area contributed by atoms with E-state index in [1.54, 1.807) is 7.05 Å². The van der Waals surface area contributed by atoms with Gasteiger partial charge in [0, 0.05) is 25.7 Å². The predicted molar refractivity (Wildman–Crippen MR) is 88.5 cm³/mol. The number of ether oxygens (including phenoxy) is 1. The molecule has 0 fully saturated rings. The van der Waals surface area contributed by atoms with Crippen molar-refractivity contribution in [3.63, 3.8) is 0 Å². The molecule has 2 rings (SSSR count). The molecule has 3 N–H and O–H groups in total. The second kappa shape index (κ2) is 8.26. The van der Waals surface area contributed by atoms with Crippen LogP contribution in [0.5, 0.6) is 5.75 Å². The molecule has 22 heavy (non-hydrogen) atoms. The van der Waals surface area contributed by atoms with Crippen molar-refractivity contribution < 1.29 is 9.53 Å². The molecule has 0 spiro atoms. The van der Waals surface area contributed by atoms with Crippen LogP contribution in [0.1, 0.15) is 25.3 Å². The molecule has 1 aromatic carbocycles. The van der Waals surface area contributed by atoms with Gasteiger partial charge in [0.2, 0.25) is 5.91 Å². The van der Waals surface area contributed by atoms with E-state index in [0.29, 0.717) is 19.6 Å². The molecule has 6 nitrogen and oxygen atoms in total. The van der Waals surface area contributed by atoms with Crippen molar-refractivity contribution in [1.82, 2.24) is 10.6 Å². The number of nitrogens with zero attached hydrogens (tertiary/aromatic N) is 1. The summed E-state index contributed by atoms with van der Waals surface area (Å²) in [4.78, 5) is 15.5. The summed E-state index contributed by atoms with van der Waals surface area (Å²) >= 11 is 0. The summed E-state index contributed by atoms with van der Waals surface area (Å²) in [7, 11) is 1.75. The van der Waals surface area contributed by atoms with E-state index in [9.17, 15) is 4.79 Å². The van der Waals surface area contributed by atoms with Crippen molar-refractivity contribution in [3.8, 4) is 5.75 Å². The molecule has 0 radical (unpaired) electrons. The minimum absolute atomic E-state index is 0.0799. The number of carbonyl (C=O) groups is 1. The first-order valence-electron chi connectivity index (χ1n) is 7.73. The Morgan fingerprint density at radius 3 is 2.91 bits per heavy atom. The standard InChI is InChI=1S/C16H24N4O2/c1-3-8-18-16(17-2)19-9-10-22-13-5-6-14-12(11-13)4-7-15(21)20-14/h5-6,11H,3-4,7-10H2,1-2H3,(H,20,21)(H2,17,18,19). The summed E-state index contributed by atoms with van der Waals surface area (Å²) in [5.74, 6) is 1.70. The minimum Gasteiger partial charge on any atom is -0.492 e. The van der Waals surface area contributed by atoms with E-state index in [-0.39, 0.29) is 5.91 Å². The van der Waals surface area contributed by atoms with Gasteiger partial charge in [-0.1, -0.05) is 6.92 Å². The van der Waals surface area contributed by atoms with Gasteiger partial charge in [0.05, 0.1) is 6.54 Å². The minimum atomic E-state index is 0.0799. The molecule has 1 heterocycles. The van der Waals surface area contributed by atoms with Crippen LogP contribution in [0.15, 0.2) is 23.2 Å². The Labute approximate surface area is 131 Å². The highest BCUT2D eigenvalue weighted by atomic mass is 16.5. The van der Waals surface area contributed by atoms with Crippen LogP contribution < -0.4 is 20.7 Å². The molecular formula is C16H24N4O2. The third-order valence-electron chi connectivity index (χ3n) is 3.40. The maximum Gasteiger partial charge on any atom is 0.224 e. The Bertz CT molecular complexity index is 543. The monoisotopic (exact) mass is 304 g/mol. The molecule has 0 aromatic heterocycles. The van der Waals surface area contributed by atoms with Crippen LogP contribution in [0.4, 0.5) is 5.69 Å². The van der Waals surface area contributed by atoms with Gasteiger partial charge in [0.1, 0.15) is 12.4 Å². The maximum atomic E-state index is 11.3. The van der Waals surface area contributed by atoms with E-state index < -0.39 is 0 Å². The lowest BCUT2D eigenvalue weighted by Crippen LogP contribution is -2.39. The number of carbonyl (C=O) groups excluding carboxylic acids is 1. The molecule has 6 heteroatoms. The molecule has 1 aromatic rings. The van der Waals surface area contributed by atoms with E-state index >= 15 is 0 Å². The molecule has 120 valence electrons. The number of benzene rings is 1. The van der Waals surface area contributed by atoms with Crippen molar-refractivity contribution in [1.29, 1.82) is 0 Å². The van der Waals surface area contributed by atoms with Gasteiger partial charge < -0.3 is 20.7 Å². The summed E-state index contributed by atoms with van der Waals surface area (Å²) in [6, 6.07) is 5.78. The van der Waals surface area contributed by atoms with Crippen molar-refractivity contribution in [3.05, 3.63) is 23.8 Å². The van der Waals surface area contributed by atoms with Gasteiger partial charge in [0.25, 0.3) is 0 Å². The van der Waals surface area contributed by atoms with Crippen LogP contribution in [-0.4, -0.2) is 38.6 Å². The van der Waals surface area contributed by atoms with Crippen molar-refractivity contribution in [2.24, 2.45) is 4.99 Å². The molecule has 1 aliphatic heterocycles. The molecule has 0 saturated carbocycles. The molecule has 0 aliphatic carbocycles. The first kappa shape index (κ1) is 16.1. The van der Waals surface area contributed by atoms with Crippen LogP contribution in [0.2, 0.25) is 0 Å². The molecule has 0 unspecified atom stereocenters. The summed E-state index contributed by atoms with van der Waals surface area (Å²) < 4.78 is 5.74. The number of nitrogens with one attached hydrogen (secondary N) is 3. The molecule has 0 bridgehead atoms. The topological polar surface area (TPSA) is 74.8 Å². The number of guanidine groups is 1. The molecular weight excluding hydrogens is 280 g/mol. The number of aliphatic imine (C=N–C) groups is 1. The summed E-state index contributed by atoms with van der Waals surface area (Å²) in [6.45, 7) is 4.24. The molecule has 1 aliphatic rings. The fraction of sp³-hybridized carbons (Fsp3) is 0.500. The zero-order chi connectivity index (χ0) is 15.8. The quantitative estimate of drug-likeness (QED) is 0.423. The third-order valence-corrected chi connectivity index (χ3v) is 3.40. The second-order valence-electron chi connectivity index (χ2n) is 5.14. The lowest BCUT2D eigenvalue weighted by Gasteiger charge is -2.18. The Morgan fingerprint density at radius 2 is 2.14 bits per heavy atom. The first-order chi connectivity index (χ1) is 10.7. The lowest BCUT2D eigenvalue weighted by atomic mass is 10.0. The number of hydrogen-bond acceptors (Lipinski definition) is 3. The summed E-state index contributed by atoms with van der Waals surface area (Å²) in [5, 5.41) is 9.27. The zero-order valence-electron chi connectivity index (χ0n) is 13.2. The highest BCUT2D eigenvalue weighted by Gasteiger charge is 2.14. The Hall–Kier alpha value is -2.24. The van der Waals surface area contributed by atoms with E-state index in [1.165, 1.54) is 0 Å². The summed E-state index contributed by atoms with van der Waals surface area (Å²) in [6.07, 6.45) is 2.37. The number of aryl methyl sites for hydroxylation is 1. The zero-order valence-corrected chi connectivity index (χ0v) is 13.2. The second-order valence-corrected chi connectivity index (χ2v) is 5.14. The van der Waals surface area contributed by atoms with Gasteiger partial charge in [-0.25, -0.2) is 0 Å². The number of rotatable bonds is 6. The van der Waals surface area contributed by atoms with Crippen molar-refractivity contribution in [2.45, 2.75) is 26.2 Å². The fourth-order valence-corrected chi connectivity index (χ4v) is 2.25. The highest BCUT2D eigenvalue weighted by Crippen LogP contribution is 2.26. The Balaban J connectivity index is 1.77. The van der Waals surface area contributed by atoms with Crippen LogP contribution in [0.25, 0.3) is 0 Å². The van der Waals surface area contributed by atoms with Crippen LogP contribution in [0, 0.1) is 0 Å². The van der Waals surface area contributed by atoms with Crippen molar-refractivity contribution in [2.75, 3.05) is 32.1 Å². The Kier molecular flexibility index (Phi) is 6.06. The smallest absolute Gasteiger partial charge is 0.224 e. The third kappa shape index (κ3) is 4.65. The van der Waals surface area contributed by atoms with Gasteiger partial charge in [-0.2, -0.15) is 0 Å². The number of anilines is 1. The van der Waals surface area contributed by atoms with Gasteiger partial charge in [0.15, 0.2) is 5.96 Å². The van der Waals surface area contributed by atoms with E-state index in [4.69, 9.17) is 4.74 Å². The maximum absolute atomic E-state index is 11.3. The largest absolute Gasteiger partial charge is 0.492 e. The average molecular weight is 304 g/mol. The first-order valence-corrected chi connectivity index (χ1v) is 7.73. The average Bonchev–Trinajstić information content (AvgIpc) is 2.54. The van der Waals surface area contributed by atoms with Gasteiger partial charge in [-0.15, -0.1) is 0 Å². The van der Waals surface area contributed by atoms with E-state index in [2.05, 4.69) is 27.9 Å². The number of fused-ring (bicyclic) bond motifs is 1. The SMILES string of the molecule is CCCNC(=NC)NCCOc1ccc2c(c1)CCC(=O)N2. The predicted octanol–water partition coefficient (Wildman–Crippen LogP) is 1.53. The van der Waals surface area contributed by atoms with Crippen LogP contribution in [0.3, 0.4) is 0 Å². The normalized spacial score (nSPS) is 14.1. The van der Waals surface area contributed by atoms with Crippen LogP contribution in [-0.2, 0) is 11.2 Å². The van der Waals surface area contributed by atoms with Crippen molar-refractivity contribution >= 4 is 17.6 Å². The van der Waals surface area contributed by atoms with Gasteiger partial charge in [-0.05, 0) is 36.6 Å². The summed E-state index contributed by atoms with van der Waals surface area (Å²) in [5.41, 5.74) is 2.02.